The number of amides is 2. The van der Waals surface area contributed by atoms with Crippen molar-refractivity contribution in [2.24, 2.45) is 5.92 Å². The van der Waals surface area contributed by atoms with Gasteiger partial charge in [0.25, 0.3) is 0 Å². The van der Waals surface area contributed by atoms with Crippen LogP contribution in [0.5, 0.6) is 0 Å². The van der Waals surface area contributed by atoms with Crippen molar-refractivity contribution in [3.63, 3.8) is 0 Å². The molecule has 0 radical (unpaired) electrons. The van der Waals surface area contributed by atoms with Crippen LogP contribution in [-0.2, 0) is 9.53 Å². The van der Waals surface area contributed by atoms with Gasteiger partial charge >= 0.3 is 6.09 Å². The summed E-state index contributed by atoms with van der Waals surface area (Å²) in [6.45, 7) is 11.8. The first-order valence-corrected chi connectivity index (χ1v) is 6.43. The van der Waals surface area contributed by atoms with E-state index in [-0.39, 0.29) is 5.91 Å². The molecule has 0 aromatic rings. The van der Waals surface area contributed by atoms with E-state index in [9.17, 15) is 9.59 Å². The Morgan fingerprint density at radius 1 is 1.22 bits per heavy atom. The number of likely N-dealkylation sites (N-methyl/N-ethyl adjacent to an activating group) is 1. The Bertz CT molecular complexity index is 282. The third-order valence-electron chi connectivity index (χ3n) is 2.07. The summed E-state index contributed by atoms with van der Waals surface area (Å²) in [5.74, 6) is 0.143. The second-order valence-corrected chi connectivity index (χ2v) is 5.72. The summed E-state index contributed by atoms with van der Waals surface area (Å²) in [5, 5.41) is 5.33. The van der Waals surface area contributed by atoms with Crippen molar-refractivity contribution in [1.29, 1.82) is 0 Å². The first-order valence-electron chi connectivity index (χ1n) is 6.43. The van der Waals surface area contributed by atoms with E-state index in [4.69, 9.17) is 4.74 Å². The first-order chi connectivity index (χ1) is 8.15. The van der Waals surface area contributed by atoms with Gasteiger partial charge in [-0.05, 0) is 40.0 Å². The van der Waals surface area contributed by atoms with Gasteiger partial charge in [0.2, 0.25) is 5.91 Å². The Balaban J connectivity index is 4.49. The Labute approximate surface area is 110 Å². The molecule has 2 amide bonds. The number of rotatable bonds is 5. The van der Waals surface area contributed by atoms with Crippen LogP contribution in [0.25, 0.3) is 0 Å². The molecule has 5 nitrogen and oxygen atoms in total. The smallest absolute Gasteiger partial charge is 0.408 e. The van der Waals surface area contributed by atoms with E-state index >= 15 is 0 Å². The van der Waals surface area contributed by atoms with E-state index < -0.39 is 17.7 Å². The Kier molecular flexibility index (Phi) is 6.73. The van der Waals surface area contributed by atoms with Crippen molar-refractivity contribution < 1.29 is 14.3 Å². The highest BCUT2D eigenvalue weighted by molar-refractivity contribution is 5.85. The van der Waals surface area contributed by atoms with Crippen molar-refractivity contribution in [2.75, 3.05) is 6.54 Å². The van der Waals surface area contributed by atoms with Crippen LogP contribution in [0.2, 0.25) is 0 Å². The molecule has 0 unspecified atom stereocenters. The minimum Gasteiger partial charge on any atom is -0.444 e. The second kappa shape index (κ2) is 7.24. The SMILES string of the molecule is CCNC(=O)[C@H](CC(C)C)NC(=O)OC(C)(C)C. The molecule has 0 aliphatic carbocycles. The van der Waals surface area contributed by atoms with Crippen molar-refractivity contribution in [2.45, 2.75) is 59.6 Å². The quantitative estimate of drug-likeness (QED) is 0.793. The summed E-state index contributed by atoms with van der Waals surface area (Å²) in [7, 11) is 0. The predicted octanol–water partition coefficient (Wildman–Crippen LogP) is 2.06. The summed E-state index contributed by atoms with van der Waals surface area (Å²) in [6, 6.07) is -0.542. The molecule has 0 saturated carbocycles. The molecule has 0 saturated heterocycles. The fraction of sp³-hybridized carbons (Fsp3) is 0.846. The lowest BCUT2D eigenvalue weighted by Gasteiger charge is -2.24. The van der Waals surface area contributed by atoms with Gasteiger partial charge in [0, 0.05) is 6.54 Å². The average molecular weight is 258 g/mol. The van der Waals surface area contributed by atoms with Crippen LogP contribution in [0.1, 0.15) is 48.0 Å². The van der Waals surface area contributed by atoms with Gasteiger partial charge in [-0.3, -0.25) is 4.79 Å². The molecule has 0 aliphatic rings. The summed E-state index contributed by atoms with van der Waals surface area (Å²) >= 11 is 0. The van der Waals surface area contributed by atoms with Gasteiger partial charge in [0.1, 0.15) is 11.6 Å². The molecule has 0 fully saturated rings. The topological polar surface area (TPSA) is 67.4 Å². The zero-order chi connectivity index (χ0) is 14.3. The zero-order valence-electron chi connectivity index (χ0n) is 12.3. The lowest BCUT2D eigenvalue weighted by Crippen LogP contribution is -2.48. The van der Waals surface area contributed by atoms with Crippen LogP contribution in [0.3, 0.4) is 0 Å². The molecule has 0 aromatic heterocycles. The summed E-state index contributed by atoms with van der Waals surface area (Å²) in [6.07, 6.45) is 0.0323. The number of nitrogens with one attached hydrogen (secondary N) is 2. The van der Waals surface area contributed by atoms with E-state index in [1.165, 1.54) is 0 Å². The predicted molar refractivity (Wildman–Crippen MR) is 71.3 cm³/mol. The fourth-order valence-electron chi connectivity index (χ4n) is 1.45. The maximum atomic E-state index is 11.8. The first kappa shape index (κ1) is 16.7. The molecule has 0 aliphatic heterocycles. The Morgan fingerprint density at radius 3 is 2.17 bits per heavy atom. The Morgan fingerprint density at radius 2 is 1.78 bits per heavy atom. The molecular formula is C13H26N2O3. The van der Waals surface area contributed by atoms with Crippen molar-refractivity contribution in [3.8, 4) is 0 Å². The third kappa shape index (κ3) is 7.92. The minimum absolute atomic E-state index is 0.169. The molecule has 1 atom stereocenters. The molecule has 5 heteroatoms. The molecule has 0 heterocycles. The summed E-state index contributed by atoms with van der Waals surface area (Å²) in [5.41, 5.74) is -0.562. The molecule has 18 heavy (non-hydrogen) atoms. The number of alkyl carbamates (subject to hydrolysis) is 1. The van der Waals surface area contributed by atoms with E-state index in [1.807, 2.05) is 20.8 Å². The van der Waals surface area contributed by atoms with Gasteiger partial charge in [-0.25, -0.2) is 4.79 Å². The maximum absolute atomic E-state index is 11.8. The van der Waals surface area contributed by atoms with Gasteiger partial charge in [0.15, 0.2) is 0 Å². The molecule has 2 N–H and O–H groups in total. The van der Waals surface area contributed by atoms with Crippen molar-refractivity contribution in [3.05, 3.63) is 0 Å². The minimum atomic E-state index is -0.562. The number of ether oxygens (including phenoxy) is 1. The van der Waals surface area contributed by atoms with Gasteiger partial charge in [-0.1, -0.05) is 13.8 Å². The molecule has 0 rings (SSSR count). The van der Waals surface area contributed by atoms with Gasteiger partial charge in [-0.15, -0.1) is 0 Å². The standard InChI is InChI=1S/C13H26N2O3/c1-7-14-11(16)10(8-9(2)3)15-12(17)18-13(4,5)6/h9-10H,7-8H2,1-6H3,(H,14,16)(H,15,17)/t10-/m0/s1. The van der Waals surface area contributed by atoms with E-state index in [0.29, 0.717) is 18.9 Å². The fourth-order valence-corrected chi connectivity index (χ4v) is 1.45. The highest BCUT2D eigenvalue weighted by Crippen LogP contribution is 2.09. The van der Waals surface area contributed by atoms with Gasteiger partial charge in [-0.2, -0.15) is 0 Å². The molecule has 0 bridgehead atoms. The van der Waals surface area contributed by atoms with Gasteiger partial charge < -0.3 is 15.4 Å². The third-order valence-corrected chi connectivity index (χ3v) is 2.07. The average Bonchev–Trinajstić information content (AvgIpc) is 2.13. The lowest BCUT2D eigenvalue weighted by atomic mass is 10.0. The van der Waals surface area contributed by atoms with Crippen LogP contribution >= 0.6 is 0 Å². The molecular weight excluding hydrogens is 232 g/mol. The zero-order valence-corrected chi connectivity index (χ0v) is 12.3. The Hall–Kier alpha value is -1.26. The normalized spacial score (nSPS) is 13.1. The summed E-state index contributed by atoms with van der Waals surface area (Å²) in [4.78, 5) is 23.4. The maximum Gasteiger partial charge on any atom is 0.408 e. The summed E-state index contributed by atoms with van der Waals surface area (Å²) < 4.78 is 5.15. The molecule has 0 aromatic carbocycles. The highest BCUT2D eigenvalue weighted by atomic mass is 16.6. The molecule has 106 valence electrons. The van der Waals surface area contributed by atoms with Gasteiger partial charge in [0.05, 0.1) is 0 Å². The number of hydrogen-bond acceptors (Lipinski definition) is 3. The van der Waals surface area contributed by atoms with Crippen molar-refractivity contribution in [1.82, 2.24) is 10.6 Å². The second-order valence-electron chi connectivity index (χ2n) is 5.72. The van der Waals surface area contributed by atoms with Crippen LogP contribution in [0.4, 0.5) is 4.79 Å². The lowest BCUT2D eigenvalue weighted by molar-refractivity contribution is -0.123. The van der Waals surface area contributed by atoms with E-state index in [2.05, 4.69) is 10.6 Å². The van der Waals surface area contributed by atoms with E-state index in [1.54, 1.807) is 20.8 Å². The largest absolute Gasteiger partial charge is 0.444 e. The van der Waals surface area contributed by atoms with Crippen LogP contribution in [0, 0.1) is 5.92 Å². The molecule has 0 spiro atoms. The van der Waals surface area contributed by atoms with Crippen LogP contribution < -0.4 is 10.6 Å². The van der Waals surface area contributed by atoms with Crippen LogP contribution in [0.15, 0.2) is 0 Å². The van der Waals surface area contributed by atoms with Crippen LogP contribution in [-0.4, -0.2) is 30.2 Å². The number of hydrogen-bond donors (Lipinski definition) is 2. The number of carbonyl (C=O) groups excluding carboxylic acids is 2. The van der Waals surface area contributed by atoms with E-state index in [0.717, 1.165) is 0 Å². The van der Waals surface area contributed by atoms with Crippen molar-refractivity contribution >= 4 is 12.0 Å². The monoisotopic (exact) mass is 258 g/mol. The number of carbonyl (C=O) groups is 2. The highest BCUT2D eigenvalue weighted by Gasteiger charge is 2.24.